The Labute approximate surface area is 271 Å². The number of aromatic hydroxyl groups is 1. The van der Waals surface area contributed by atoms with Gasteiger partial charge in [0.05, 0.1) is 23.1 Å². The maximum absolute atomic E-state index is 17.0. The van der Waals surface area contributed by atoms with Gasteiger partial charge in [0.15, 0.2) is 5.82 Å². The topological polar surface area (TPSA) is 113 Å². The first kappa shape index (κ1) is 30.0. The van der Waals surface area contributed by atoms with Crippen LogP contribution in [-0.2, 0) is 11.2 Å². The third-order valence-corrected chi connectivity index (χ3v) is 10.4. The molecule has 2 aromatic carbocycles. The van der Waals surface area contributed by atoms with Gasteiger partial charge in [0.1, 0.15) is 35.6 Å². The SMILES string of the molecule is C[C@@]12CCCN(C1)c1nc(OC[C@@]34CCCN3C[C@H](F)C4)nc3c(F)c(ncc13)-c1cc(O)cc3cccc(c13)CCCOC(=O)N2. The molecule has 3 fully saturated rings. The molecule has 3 atom stereocenters. The van der Waals surface area contributed by atoms with Crippen LogP contribution in [0.1, 0.15) is 51.0 Å². The molecular weight excluding hydrogens is 606 g/mol. The van der Waals surface area contributed by atoms with Gasteiger partial charge in [0.25, 0.3) is 0 Å². The number of piperidine rings is 1. The normalized spacial score (nSPS) is 26.4. The zero-order valence-corrected chi connectivity index (χ0v) is 26.4. The van der Waals surface area contributed by atoms with E-state index in [0.29, 0.717) is 55.7 Å². The quantitative estimate of drug-likeness (QED) is 0.291. The molecule has 12 heteroatoms. The number of nitrogens with one attached hydrogen (secondary N) is 1. The van der Waals surface area contributed by atoms with Crippen LogP contribution in [0.4, 0.5) is 19.4 Å². The lowest BCUT2D eigenvalue weighted by Gasteiger charge is -2.41. The average Bonchev–Trinajstić information content (AvgIpc) is 3.56. The molecular formula is C35H38F2N6O4. The monoisotopic (exact) mass is 644 g/mol. The van der Waals surface area contributed by atoms with Crippen molar-refractivity contribution in [3.63, 3.8) is 0 Å². The third-order valence-electron chi connectivity index (χ3n) is 10.4. The standard InChI is InChI=1S/C35H38F2N6O4/c1-34-9-4-11-42(19-34)31-26-17-38-29(25-15-24(44)14-22-7-2-6-21(27(22)25)8-3-13-46-33(45)41-34)28(37)30(26)39-32(40-31)47-20-35-10-5-12-43(35)18-23(36)16-35/h2,6-7,14-15,17,23,44H,3-5,8-13,16,18-20H2,1H3,(H,41,45)/t23-,34-,35+/m1/s1. The molecule has 9 rings (SSSR count). The second-order valence-corrected chi connectivity index (χ2v) is 13.8. The van der Waals surface area contributed by atoms with Gasteiger partial charge in [-0.25, -0.2) is 13.6 Å². The maximum Gasteiger partial charge on any atom is 0.407 e. The Morgan fingerprint density at radius 2 is 2.04 bits per heavy atom. The first-order valence-electron chi connectivity index (χ1n) is 16.5. The summed E-state index contributed by atoms with van der Waals surface area (Å²) in [7, 11) is 0. The Kier molecular flexibility index (Phi) is 7.31. The number of aryl methyl sites for hydroxylation is 1. The minimum absolute atomic E-state index is 0.00565. The summed E-state index contributed by atoms with van der Waals surface area (Å²) in [5.41, 5.74) is 0.387. The molecule has 5 aliphatic rings. The molecule has 7 heterocycles. The number of anilines is 1. The van der Waals surface area contributed by atoms with Crippen LogP contribution in [0.2, 0.25) is 0 Å². The number of phenolic OH excluding ortho intramolecular Hbond substituents is 1. The van der Waals surface area contributed by atoms with E-state index in [1.54, 1.807) is 12.3 Å². The van der Waals surface area contributed by atoms with Gasteiger partial charge in [-0.1, -0.05) is 18.2 Å². The van der Waals surface area contributed by atoms with Gasteiger partial charge >= 0.3 is 12.1 Å². The van der Waals surface area contributed by atoms with Crippen LogP contribution < -0.4 is 15.0 Å². The fourth-order valence-corrected chi connectivity index (χ4v) is 8.28. The lowest BCUT2D eigenvalue weighted by Crippen LogP contribution is -2.57. The highest BCUT2D eigenvalue weighted by atomic mass is 19.1. The zero-order chi connectivity index (χ0) is 32.3. The predicted molar refractivity (Wildman–Crippen MR) is 173 cm³/mol. The van der Waals surface area contributed by atoms with Crippen LogP contribution in [0.25, 0.3) is 32.9 Å². The van der Waals surface area contributed by atoms with E-state index in [1.165, 1.54) is 6.07 Å². The number of hydrogen-bond donors (Lipinski definition) is 2. The summed E-state index contributed by atoms with van der Waals surface area (Å²) in [6.45, 7) is 4.60. The molecule has 0 saturated carbocycles. The number of rotatable bonds is 3. The second-order valence-electron chi connectivity index (χ2n) is 13.8. The highest BCUT2D eigenvalue weighted by molar-refractivity contribution is 6.01. The summed E-state index contributed by atoms with van der Waals surface area (Å²) < 4.78 is 43.4. The fraction of sp³-hybridized carbons (Fsp3) is 0.486. The molecule has 47 heavy (non-hydrogen) atoms. The van der Waals surface area contributed by atoms with Gasteiger partial charge in [-0.15, -0.1) is 0 Å². The van der Waals surface area contributed by atoms with Crippen molar-refractivity contribution in [3.05, 3.63) is 47.9 Å². The largest absolute Gasteiger partial charge is 0.508 e. The van der Waals surface area contributed by atoms with E-state index in [2.05, 4.69) is 20.2 Å². The number of alkyl halides is 1. The molecule has 2 aromatic heterocycles. The Bertz CT molecular complexity index is 1890. The molecule has 6 bridgehead atoms. The van der Waals surface area contributed by atoms with Crippen LogP contribution in [0.15, 0.2) is 36.5 Å². The molecule has 4 aromatic rings. The van der Waals surface area contributed by atoms with Crippen molar-refractivity contribution < 1.29 is 28.2 Å². The second kappa shape index (κ2) is 11.4. The van der Waals surface area contributed by atoms with Gasteiger partial charge < -0.3 is 24.8 Å². The first-order valence-corrected chi connectivity index (χ1v) is 16.5. The van der Waals surface area contributed by atoms with E-state index in [0.717, 1.165) is 48.6 Å². The Hall–Kier alpha value is -4.32. The lowest BCUT2D eigenvalue weighted by atomic mass is 9.91. The first-order chi connectivity index (χ1) is 22.7. The van der Waals surface area contributed by atoms with Crippen molar-refractivity contribution in [1.29, 1.82) is 0 Å². The third kappa shape index (κ3) is 5.36. The number of pyridine rings is 1. The number of benzene rings is 2. The summed E-state index contributed by atoms with van der Waals surface area (Å²) in [6, 6.07) is 8.88. The van der Waals surface area contributed by atoms with Crippen LogP contribution in [0.3, 0.4) is 0 Å². The van der Waals surface area contributed by atoms with Gasteiger partial charge in [-0.05, 0) is 80.5 Å². The van der Waals surface area contributed by atoms with Crippen molar-refractivity contribution in [3.8, 4) is 23.0 Å². The lowest BCUT2D eigenvalue weighted by molar-refractivity contribution is 0.107. The van der Waals surface area contributed by atoms with Gasteiger partial charge in [0, 0.05) is 37.8 Å². The molecule has 1 amide bonds. The summed E-state index contributed by atoms with van der Waals surface area (Å²) >= 11 is 0. The summed E-state index contributed by atoms with van der Waals surface area (Å²) in [5, 5.41) is 15.7. The highest BCUT2D eigenvalue weighted by Gasteiger charge is 2.49. The molecule has 0 aliphatic carbocycles. The molecule has 5 aliphatic heterocycles. The van der Waals surface area contributed by atoms with E-state index >= 15 is 4.39 Å². The Morgan fingerprint density at radius 1 is 1.17 bits per heavy atom. The van der Waals surface area contributed by atoms with E-state index < -0.39 is 29.2 Å². The van der Waals surface area contributed by atoms with E-state index in [4.69, 9.17) is 14.5 Å². The summed E-state index contributed by atoms with van der Waals surface area (Å²) in [5.74, 6) is -0.214. The van der Waals surface area contributed by atoms with E-state index in [9.17, 15) is 14.3 Å². The van der Waals surface area contributed by atoms with Crippen LogP contribution in [0.5, 0.6) is 11.8 Å². The number of carbonyl (C=O) groups is 1. The highest BCUT2D eigenvalue weighted by Crippen LogP contribution is 2.42. The van der Waals surface area contributed by atoms with E-state index in [-0.39, 0.29) is 36.2 Å². The van der Waals surface area contributed by atoms with Gasteiger partial charge in [-0.3, -0.25) is 9.88 Å². The molecule has 0 radical (unpaired) electrons. The van der Waals surface area contributed by atoms with E-state index in [1.807, 2.05) is 30.0 Å². The van der Waals surface area contributed by atoms with Gasteiger partial charge in [0.2, 0.25) is 0 Å². The average molecular weight is 645 g/mol. The molecule has 2 N–H and O–H groups in total. The summed E-state index contributed by atoms with van der Waals surface area (Å²) in [6.07, 6.45) is 4.93. The fourth-order valence-electron chi connectivity index (χ4n) is 8.28. The number of halogens is 2. The number of nitrogens with zero attached hydrogens (tertiary/aromatic N) is 5. The molecule has 0 unspecified atom stereocenters. The zero-order valence-electron chi connectivity index (χ0n) is 26.4. The predicted octanol–water partition coefficient (Wildman–Crippen LogP) is 5.68. The minimum Gasteiger partial charge on any atom is -0.508 e. The van der Waals surface area contributed by atoms with Crippen LogP contribution in [0, 0.1) is 5.82 Å². The molecule has 0 spiro atoms. The number of hydrogen-bond acceptors (Lipinski definition) is 9. The van der Waals surface area contributed by atoms with Crippen LogP contribution >= 0.6 is 0 Å². The number of aromatic nitrogens is 3. The number of carbonyl (C=O) groups excluding carboxylic acids is 1. The number of fused-ring (bicyclic) bond motifs is 7. The molecule has 3 saturated heterocycles. The van der Waals surface area contributed by atoms with Crippen molar-refractivity contribution in [2.75, 3.05) is 44.3 Å². The van der Waals surface area contributed by atoms with Crippen LogP contribution in [-0.4, -0.2) is 87.7 Å². The smallest absolute Gasteiger partial charge is 0.407 e. The minimum atomic E-state index is -0.915. The van der Waals surface area contributed by atoms with Crippen molar-refractivity contribution in [2.45, 2.75) is 69.1 Å². The maximum atomic E-state index is 17.0. The Morgan fingerprint density at radius 3 is 2.94 bits per heavy atom. The Balaban J connectivity index is 1.30. The number of amides is 1. The van der Waals surface area contributed by atoms with Crippen molar-refractivity contribution in [2.24, 2.45) is 0 Å². The molecule has 10 nitrogen and oxygen atoms in total. The summed E-state index contributed by atoms with van der Waals surface area (Å²) in [4.78, 5) is 31.2. The van der Waals surface area contributed by atoms with Crippen molar-refractivity contribution >= 4 is 33.6 Å². The molecule has 246 valence electrons. The van der Waals surface area contributed by atoms with Crippen molar-refractivity contribution in [1.82, 2.24) is 25.2 Å². The number of alkyl carbamates (subject to hydrolysis) is 1. The number of phenols is 1. The van der Waals surface area contributed by atoms with Gasteiger partial charge in [-0.2, -0.15) is 9.97 Å². The number of ether oxygens (including phenoxy) is 2.